The molecule has 116 valence electrons. The molecule has 5 atom stereocenters. The molecule has 0 saturated carbocycles. The third-order valence-electron chi connectivity index (χ3n) is 3.10. The first kappa shape index (κ1) is 16.5. The van der Waals surface area contributed by atoms with Crippen LogP contribution < -0.4 is 0 Å². The number of nitro groups is 1. The van der Waals surface area contributed by atoms with Crippen molar-refractivity contribution < 1.29 is 25.3 Å². The monoisotopic (exact) mass is 333 g/mol. The molecular weight excluding hydrogens is 318 g/mol. The Labute approximate surface area is 129 Å². The lowest BCUT2D eigenvalue weighted by Crippen LogP contribution is -2.45. The molecule has 0 bridgehead atoms. The van der Waals surface area contributed by atoms with Gasteiger partial charge in [-0.2, -0.15) is 0 Å². The Bertz CT molecular complexity index is 499. The maximum atomic E-state index is 10.6. The predicted octanol–water partition coefficient (Wildman–Crippen LogP) is 0.203. The van der Waals surface area contributed by atoms with Crippen molar-refractivity contribution >= 4 is 29.2 Å². The number of non-ortho nitro benzene ring substituents is 1. The fourth-order valence-electron chi connectivity index (χ4n) is 1.87. The van der Waals surface area contributed by atoms with Gasteiger partial charge >= 0.3 is 0 Å². The van der Waals surface area contributed by atoms with Crippen LogP contribution in [0.1, 0.15) is 0 Å². The molecule has 1 fully saturated rings. The van der Waals surface area contributed by atoms with Gasteiger partial charge in [-0.3, -0.25) is 10.1 Å². The van der Waals surface area contributed by atoms with Gasteiger partial charge in [0.15, 0.2) is 0 Å². The number of aliphatic hydroxyl groups excluding tert-OH is 4. The molecule has 1 aromatic carbocycles. The minimum absolute atomic E-state index is 0.0284. The number of rotatable bonds is 3. The maximum Gasteiger partial charge on any atom is 0.269 e. The van der Waals surface area contributed by atoms with E-state index in [4.69, 9.17) is 0 Å². The number of hydrogen-bond donors (Lipinski definition) is 4. The molecule has 2 rings (SSSR count). The molecule has 1 heterocycles. The smallest absolute Gasteiger partial charge is 0.269 e. The summed E-state index contributed by atoms with van der Waals surface area (Å²) in [6, 6.07) is 5.83. The van der Waals surface area contributed by atoms with Crippen molar-refractivity contribution in [3.63, 3.8) is 0 Å². The van der Waals surface area contributed by atoms with E-state index in [1.807, 2.05) is 0 Å². The quantitative estimate of drug-likeness (QED) is 0.457. The van der Waals surface area contributed by atoms with Crippen LogP contribution in [-0.2, 0) is 0 Å². The van der Waals surface area contributed by atoms with Gasteiger partial charge < -0.3 is 20.4 Å². The SMILES string of the molecule is O=[N+]([O-])c1ccc(S[C@@H]2SC[C@H](O)[C@@H](O)[C@H](O)[C@H]2O)cc1. The van der Waals surface area contributed by atoms with Crippen LogP contribution in [0.25, 0.3) is 0 Å². The van der Waals surface area contributed by atoms with Crippen LogP contribution in [0.15, 0.2) is 29.2 Å². The molecule has 1 saturated heterocycles. The summed E-state index contributed by atoms with van der Waals surface area (Å²) >= 11 is 2.44. The Morgan fingerprint density at radius 2 is 1.71 bits per heavy atom. The Hall–Kier alpha value is -0.840. The van der Waals surface area contributed by atoms with Crippen molar-refractivity contribution in [1.29, 1.82) is 0 Å². The van der Waals surface area contributed by atoms with Crippen molar-refractivity contribution in [2.24, 2.45) is 0 Å². The highest BCUT2D eigenvalue weighted by Crippen LogP contribution is 2.38. The minimum Gasteiger partial charge on any atom is -0.389 e. The number of nitrogens with zero attached hydrogens (tertiary/aromatic N) is 1. The zero-order valence-corrected chi connectivity index (χ0v) is 12.4. The molecule has 0 aromatic heterocycles. The second kappa shape index (κ2) is 6.95. The van der Waals surface area contributed by atoms with Crippen molar-refractivity contribution in [2.75, 3.05) is 5.75 Å². The summed E-state index contributed by atoms with van der Waals surface area (Å²) in [5.74, 6) is 0.180. The molecular formula is C12H15NO6S2. The molecule has 0 aliphatic carbocycles. The van der Waals surface area contributed by atoms with Crippen LogP contribution in [-0.4, -0.2) is 60.1 Å². The van der Waals surface area contributed by atoms with E-state index < -0.39 is 33.9 Å². The molecule has 0 radical (unpaired) electrons. The third kappa shape index (κ3) is 3.87. The largest absolute Gasteiger partial charge is 0.389 e. The van der Waals surface area contributed by atoms with E-state index in [0.717, 1.165) is 0 Å². The molecule has 1 aliphatic heterocycles. The molecule has 9 heteroatoms. The van der Waals surface area contributed by atoms with E-state index >= 15 is 0 Å². The van der Waals surface area contributed by atoms with Crippen LogP contribution in [0.4, 0.5) is 5.69 Å². The maximum absolute atomic E-state index is 10.6. The molecule has 21 heavy (non-hydrogen) atoms. The molecule has 0 amide bonds. The topological polar surface area (TPSA) is 124 Å². The van der Waals surface area contributed by atoms with Crippen molar-refractivity contribution in [3.05, 3.63) is 34.4 Å². The first-order valence-corrected chi connectivity index (χ1v) is 8.08. The van der Waals surface area contributed by atoms with Gasteiger partial charge in [0.05, 0.1) is 15.6 Å². The number of hydrogen-bond acceptors (Lipinski definition) is 8. The van der Waals surface area contributed by atoms with Crippen LogP contribution in [0.2, 0.25) is 0 Å². The van der Waals surface area contributed by atoms with Crippen LogP contribution >= 0.6 is 23.5 Å². The summed E-state index contributed by atoms with van der Waals surface area (Å²) in [5, 5.41) is 49.6. The fraction of sp³-hybridized carbons (Fsp3) is 0.500. The Balaban J connectivity index is 2.09. The normalized spacial score (nSPS) is 33.4. The zero-order valence-electron chi connectivity index (χ0n) is 10.8. The van der Waals surface area contributed by atoms with Gasteiger partial charge in [-0.25, -0.2) is 0 Å². The predicted molar refractivity (Wildman–Crippen MR) is 79.2 cm³/mol. The molecule has 4 N–H and O–H groups in total. The summed E-state index contributed by atoms with van der Waals surface area (Å²) in [5.41, 5.74) is -0.0284. The van der Waals surface area contributed by atoms with Gasteiger partial charge in [0, 0.05) is 22.8 Å². The third-order valence-corrected chi connectivity index (χ3v) is 6.00. The summed E-state index contributed by atoms with van der Waals surface area (Å²) in [6.07, 6.45) is -5.16. The number of thioether (sulfide) groups is 2. The zero-order chi connectivity index (χ0) is 15.6. The highest BCUT2D eigenvalue weighted by molar-refractivity contribution is 8.17. The lowest BCUT2D eigenvalue weighted by Gasteiger charge is -2.25. The molecule has 7 nitrogen and oxygen atoms in total. The first-order valence-electron chi connectivity index (χ1n) is 6.15. The first-order chi connectivity index (χ1) is 9.90. The summed E-state index contributed by atoms with van der Waals surface area (Å²) in [7, 11) is 0. The molecule has 1 aromatic rings. The van der Waals surface area contributed by atoms with E-state index in [9.17, 15) is 30.5 Å². The highest BCUT2D eigenvalue weighted by atomic mass is 32.2. The van der Waals surface area contributed by atoms with Gasteiger partial charge in [-0.1, -0.05) is 0 Å². The number of benzene rings is 1. The van der Waals surface area contributed by atoms with Crippen LogP contribution in [0, 0.1) is 10.1 Å². The van der Waals surface area contributed by atoms with Gasteiger partial charge in [0.25, 0.3) is 5.69 Å². The van der Waals surface area contributed by atoms with Crippen LogP contribution in [0.3, 0.4) is 0 Å². The van der Waals surface area contributed by atoms with E-state index in [2.05, 4.69) is 0 Å². The average molecular weight is 333 g/mol. The van der Waals surface area contributed by atoms with Gasteiger partial charge in [0.1, 0.15) is 18.3 Å². The van der Waals surface area contributed by atoms with E-state index in [0.29, 0.717) is 4.90 Å². The fourth-order valence-corrected chi connectivity index (χ4v) is 4.51. The van der Waals surface area contributed by atoms with Gasteiger partial charge in [-0.15, -0.1) is 23.5 Å². The van der Waals surface area contributed by atoms with Gasteiger partial charge in [0.2, 0.25) is 0 Å². The number of aliphatic hydroxyl groups is 4. The summed E-state index contributed by atoms with van der Waals surface area (Å²) < 4.78 is -0.492. The summed E-state index contributed by atoms with van der Waals surface area (Å²) in [6.45, 7) is 0. The van der Waals surface area contributed by atoms with E-state index in [1.54, 1.807) is 12.1 Å². The second-order valence-corrected chi connectivity index (χ2v) is 7.30. The van der Waals surface area contributed by atoms with Crippen molar-refractivity contribution in [2.45, 2.75) is 33.9 Å². The molecule has 1 aliphatic rings. The highest BCUT2D eigenvalue weighted by Gasteiger charge is 2.39. The summed E-state index contributed by atoms with van der Waals surface area (Å²) in [4.78, 5) is 10.8. The molecule has 0 spiro atoms. The van der Waals surface area contributed by atoms with Crippen molar-refractivity contribution in [3.8, 4) is 0 Å². The van der Waals surface area contributed by atoms with Crippen molar-refractivity contribution in [1.82, 2.24) is 0 Å². The van der Waals surface area contributed by atoms with E-state index in [1.165, 1.54) is 35.7 Å². The van der Waals surface area contributed by atoms with Gasteiger partial charge in [-0.05, 0) is 12.1 Å². The number of nitro benzene ring substituents is 1. The van der Waals surface area contributed by atoms with Crippen LogP contribution in [0.5, 0.6) is 0 Å². The Morgan fingerprint density at radius 1 is 1.10 bits per heavy atom. The Kier molecular flexibility index (Phi) is 5.47. The lowest BCUT2D eigenvalue weighted by molar-refractivity contribution is -0.384. The lowest BCUT2D eigenvalue weighted by atomic mass is 10.1. The average Bonchev–Trinajstić information content (AvgIpc) is 2.56. The minimum atomic E-state index is -1.44. The molecule has 0 unspecified atom stereocenters. The van der Waals surface area contributed by atoms with E-state index in [-0.39, 0.29) is 11.4 Å². The second-order valence-electron chi connectivity index (χ2n) is 4.61. The standard InChI is InChI=1S/C12H15NO6S2/c14-8-5-20-12(11(17)10(16)9(8)15)21-7-3-1-6(2-4-7)13(18)19/h1-4,8-12,14-17H,5H2/t8-,9+,10-,11+,12-/m0/s1. The Morgan fingerprint density at radius 3 is 2.29 bits per heavy atom.